The maximum absolute atomic E-state index is 11.8. The Morgan fingerprint density at radius 3 is 2.62 bits per heavy atom. The molecule has 0 heterocycles. The van der Waals surface area contributed by atoms with Crippen molar-refractivity contribution in [2.75, 3.05) is 6.54 Å². The lowest BCUT2D eigenvalue weighted by Crippen LogP contribution is -2.28. The zero-order valence-electron chi connectivity index (χ0n) is 4.45. The summed E-state index contributed by atoms with van der Waals surface area (Å²) in [6.45, 7) is 2.19. The normalized spacial score (nSPS) is 12.9. The highest BCUT2D eigenvalue weighted by atomic mass is 79.9. The van der Waals surface area contributed by atoms with Crippen molar-refractivity contribution in [1.82, 2.24) is 5.32 Å². The third-order valence-corrected chi connectivity index (χ3v) is 0.965. The van der Waals surface area contributed by atoms with Crippen LogP contribution in [0.25, 0.3) is 0 Å². The molecule has 48 valence electrons. The monoisotopic (exact) mass is 183 g/mol. The van der Waals surface area contributed by atoms with E-state index < -0.39 is 11.0 Å². The van der Waals surface area contributed by atoms with E-state index in [2.05, 4.69) is 21.2 Å². The Hall–Kier alpha value is -0.120. The smallest absolute Gasteiger partial charge is 0.265 e. The van der Waals surface area contributed by atoms with E-state index >= 15 is 0 Å². The Balaban J connectivity index is 3.33. The highest BCUT2D eigenvalue weighted by Crippen LogP contribution is 1.98. The minimum Gasteiger partial charge on any atom is -0.353 e. The van der Waals surface area contributed by atoms with Crippen molar-refractivity contribution in [3.05, 3.63) is 0 Å². The minimum atomic E-state index is -1.57. The molecule has 1 unspecified atom stereocenters. The van der Waals surface area contributed by atoms with E-state index in [9.17, 15) is 9.18 Å². The van der Waals surface area contributed by atoms with Gasteiger partial charge in [0, 0.05) is 6.54 Å². The van der Waals surface area contributed by atoms with Crippen LogP contribution in [0, 0.1) is 0 Å². The maximum Gasteiger partial charge on any atom is 0.265 e. The summed E-state index contributed by atoms with van der Waals surface area (Å²) in [5.41, 5.74) is 0. The summed E-state index contributed by atoms with van der Waals surface area (Å²) in [5.74, 6) is -0.618. The van der Waals surface area contributed by atoms with Crippen molar-refractivity contribution in [3.63, 3.8) is 0 Å². The first-order valence-corrected chi connectivity index (χ1v) is 3.16. The second-order valence-corrected chi connectivity index (χ2v) is 2.00. The summed E-state index contributed by atoms with van der Waals surface area (Å²) >= 11 is 2.46. The number of carbonyl (C=O) groups excluding carboxylic acids is 1. The molecule has 0 fully saturated rings. The fraction of sp³-hybridized carbons (Fsp3) is 0.750. The molecule has 1 N–H and O–H groups in total. The molecule has 2 nitrogen and oxygen atoms in total. The van der Waals surface area contributed by atoms with E-state index in [0.29, 0.717) is 6.54 Å². The third-order valence-electron chi connectivity index (χ3n) is 0.549. The molecule has 0 aromatic heterocycles. The Labute approximate surface area is 55.6 Å². The van der Waals surface area contributed by atoms with E-state index in [0.717, 1.165) is 0 Å². The van der Waals surface area contributed by atoms with Gasteiger partial charge in [-0.25, -0.2) is 4.39 Å². The number of amides is 1. The molecule has 0 saturated carbocycles. The zero-order chi connectivity index (χ0) is 6.57. The largest absolute Gasteiger partial charge is 0.353 e. The number of carbonyl (C=O) groups is 1. The zero-order valence-corrected chi connectivity index (χ0v) is 6.03. The van der Waals surface area contributed by atoms with Gasteiger partial charge in [0.05, 0.1) is 0 Å². The minimum absolute atomic E-state index is 0.463. The lowest BCUT2D eigenvalue weighted by Gasteiger charge is -1.98. The second kappa shape index (κ2) is 3.83. The quantitative estimate of drug-likeness (QED) is 0.632. The highest BCUT2D eigenvalue weighted by Gasteiger charge is 2.09. The highest BCUT2D eigenvalue weighted by molar-refractivity contribution is 9.09. The van der Waals surface area contributed by atoms with Crippen molar-refractivity contribution in [2.45, 2.75) is 12.0 Å². The SMILES string of the molecule is CCNC(=O)C(F)Br. The van der Waals surface area contributed by atoms with Crippen LogP contribution in [0.4, 0.5) is 4.39 Å². The number of alkyl halides is 2. The van der Waals surface area contributed by atoms with Crippen LogP contribution in [-0.4, -0.2) is 17.5 Å². The number of nitrogens with one attached hydrogen (secondary N) is 1. The molecule has 0 radical (unpaired) electrons. The van der Waals surface area contributed by atoms with E-state index in [1.807, 2.05) is 0 Å². The van der Waals surface area contributed by atoms with Gasteiger partial charge in [-0.3, -0.25) is 4.79 Å². The van der Waals surface area contributed by atoms with Gasteiger partial charge in [0.2, 0.25) is 5.08 Å². The van der Waals surface area contributed by atoms with Crippen LogP contribution >= 0.6 is 15.9 Å². The molecule has 0 aliphatic heterocycles. The van der Waals surface area contributed by atoms with Crippen molar-refractivity contribution in [2.24, 2.45) is 0 Å². The maximum atomic E-state index is 11.8. The van der Waals surface area contributed by atoms with E-state index in [1.165, 1.54) is 0 Å². The Kier molecular flexibility index (Phi) is 3.77. The fourth-order valence-corrected chi connectivity index (χ4v) is 0.413. The van der Waals surface area contributed by atoms with Gasteiger partial charge in [0.1, 0.15) is 0 Å². The topological polar surface area (TPSA) is 29.1 Å². The van der Waals surface area contributed by atoms with Crippen LogP contribution < -0.4 is 5.32 Å². The average Bonchev–Trinajstić information content (AvgIpc) is 1.67. The van der Waals surface area contributed by atoms with Crippen LogP contribution in [0.1, 0.15) is 6.92 Å². The van der Waals surface area contributed by atoms with E-state index in [-0.39, 0.29) is 0 Å². The molecule has 0 aliphatic carbocycles. The third kappa shape index (κ3) is 2.96. The molecule has 0 spiro atoms. The molecule has 0 bridgehead atoms. The van der Waals surface area contributed by atoms with Crippen LogP contribution in [0.3, 0.4) is 0 Å². The first-order chi connectivity index (χ1) is 3.68. The molecular weight excluding hydrogens is 177 g/mol. The Morgan fingerprint density at radius 1 is 2.00 bits per heavy atom. The van der Waals surface area contributed by atoms with Gasteiger partial charge in [-0.1, -0.05) is 0 Å². The molecular formula is C4H7BrFNO. The van der Waals surface area contributed by atoms with Gasteiger partial charge >= 0.3 is 0 Å². The second-order valence-electron chi connectivity index (χ2n) is 1.20. The van der Waals surface area contributed by atoms with Crippen LogP contribution in [-0.2, 0) is 4.79 Å². The van der Waals surface area contributed by atoms with Gasteiger partial charge in [0.15, 0.2) is 0 Å². The van der Waals surface area contributed by atoms with Crippen LogP contribution in [0.5, 0.6) is 0 Å². The Morgan fingerprint density at radius 2 is 2.50 bits per heavy atom. The molecule has 0 aliphatic rings. The number of rotatable bonds is 2. The summed E-state index contributed by atoms with van der Waals surface area (Å²) in [7, 11) is 0. The molecule has 1 amide bonds. The van der Waals surface area contributed by atoms with Crippen LogP contribution in [0.15, 0.2) is 0 Å². The molecule has 0 aromatic rings. The van der Waals surface area contributed by atoms with Gasteiger partial charge in [0.25, 0.3) is 5.91 Å². The van der Waals surface area contributed by atoms with E-state index in [1.54, 1.807) is 6.92 Å². The molecule has 4 heteroatoms. The van der Waals surface area contributed by atoms with Crippen molar-refractivity contribution in [1.29, 1.82) is 0 Å². The average molecular weight is 184 g/mol. The van der Waals surface area contributed by atoms with Crippen molar-refractivity contribution >= 4 is 21.8 Å². The predicted molar refractivity (Wildman–Crippen MR) is 32.5 cm³/mol. The summed E-state index contributed by atoms with van der Waals surface area (Å²) < 4.78 is 11.8. The number of hydrogen-bond donors (Lipinski definition) is 1. The van der Waals surface area contributed by atoms with Gasteiger partial charge < -0.3 is 5.32 Å². The molecule has 1 atom stereocenters. The van der Waals surface area contributed by atoms with Gasteiger partial charge in [-0.15, -0.1) is 0 Å². The van der Waals surface area contributed by atoms with Crippen molar-refractivity contribution < 1.29 is 9.18 Å². The summed E-state index contributed by atoms with van der Waals surface area (Å²) in [5, 5.41) is 0.717. The lowest BCUT2D eigenvalue weighted by molar-refractivity contribution is -0.122. The molecule has 8 heavy (non-hydrogen) atoms. The predicted octanol–water partition coefficient (Wildman–Crippen LogP) is 0.813. The number of halogens is 2. The Bertz CT molecular complexity index is 86.1. The van der Waals surface area contributed by atoms with Gasteiger partial charge in [-0.05, 0) is 22.9 Å². The van der Waals surface area contributed by atoms with E-state index in [4.69, 9.17) is 0 Å². The van der Waals surface area contributed by atoms with Crippen LogP contribution in [0.2, 0.25) is 0 Å². The first kappa shape index (κ1) is 7.88. The standard InChI is InChI=1S/C4H7BrFNO/c1-2-7-4(8)3(5)6/h3H,2H2,1H3,(H,7,8). The first-order valence-electron chi connectivity index (χ1n) is 2.24. The van der Waals surface area contributed by atoms with Crippen molar-refractivity contribution in [3.8, 4) is 0 Å². The lowest BCUT2D eigenvalue weighted by atomic mass is 10.6. The summed E-state index contributed by atoms with van der Waals surface area (Å²) in [4.78, 5) is 10.2. The fourth-order valence-electron chi connectivity index (χ4n) is 0.251. The van der Waals surface area contributed by atoms with Gasteiger partial charge in [-0.2, -0.15) is 0 Å². The summed E-state index contributed by atoms with van der Waals surface area (Å²) in [6, 6.07) is 0. The molecule has 0 aromatic carbocycles. The summed E-state index contributed by atoms with van der Waals surface area (Å²) in [6.07, 6.45) is 0. The molecule has 0 rings (SSSR count). The molecule has 0 saturated heterocycles. The number of hydrogen-bond acceptors (Lipinski definition) is 1.